The molecule has 2 aliphatic carbocycles. The summed E-state index contributed by atoms with van der Waals surface area (Å²) in [6, 6.07) is 18.3. The maximum Gasteiger partial charge on any atom is -0.000108 e. The Bertz CT molecular complexity index is 640. The first kappa shape index (κ1) is 18.8. The largest absolute Gasteiger partial charge is 0.0683 e. The Morgan fingerprint density at radius 3 is 2.00 bits per heavy atom. The Morgan fingerprint density at radius 2 is 1.38 bits per heavy atom. The third-order valence-corrected chi connectivity index (χ3v) is 5.47. The van der Waals surface area contributed by atoms with Gasteiger partial charge in [-0.3, -0.25) is 0 Å². The van der Waals surface area contributed by atoms with Crippen LogP contribution in [-0.2, 0) is 18.3 Å². The van der Waals surface area contributed by atoms with Crippen molar-refractivity contribution in [2.75, 3.05) is 0 Å². The minimum atomic E-state index is 0.405. The molecule has 0 saturated heterocycles. The first-order chi connectivity index (χ1) is 11.8. The van der Waals surface area contributed by atoms with Gasteiger partial charge in [0, 0.05) is 0 Å². The first-order valence-electron chi connectivity index (χ1n) is 9.92. The van der Waals surface area contributed by atoms with Gasteiger partial charge in [0.05, 0.1) is 0 Å². The van der Waals surface area contributed by atoms with Crippen LogP contribution in [0.25, 0.3) is 0 Å². The second-order valence-electron chi connectivity index (χ2n) is 6.91. The van der Waals surface area contributed by atoms with Gasteiger partial charge in [0.1, 0.15) is 0 Å². The molecule has 1 spiro atoms. The van der Waals surface area contributed by atoms with Crippen molar-refractivity contribution in [2.45, 2.75) is 72.1 Å². The summed E-state index contributed by atoms with van der Waals surface area (Å²) in [4.78, 5) is 0. The minimum absolute atomic E-state index is 0.405. The molecule has 0 bridgehead atoms. The van der Waals surface area contributed by atoms with Crippen LogP contribution in [0.15, 0.2) is 48.5 Å². The fraction of sp³-hybridized carbons (Fsp3) is 0.500. The third kappa shape index (κ3) is 3.58. The van der Waals surface area contributed by atoms with Gasteiger partial charge < -0.3 is 0 Å². The highest BCUT2D eigenvalue weighted by Gasteiger charge is 2.41. The number of hydrogen-bond acceptors (Lipinski definition) is 0. The van der Waals surface area contributed by atoms with Gasteiger partial charge in [-0.15, -0.1) is 0 Å². The first-order valence-corrected chi connectivity index (χ1v) is 9.92. The van der Waals surface area contributed by atoms with Gasteiger partial charge >= 0.3 is 0 Å². The molecule has 130 valence electrons. The average Bonchev–Trinajstić information content (AvgIpc) is 2.95. The van der Waals surface area contributed by atoms with Crippen LogP contribution in [0.3, 0.4) is 0 Å². The van der Waals surface area contributed by atoms with E-state index in [4.69, 9.17) is 0 Å². The molecule has 2 atom stereocenters. The lowest BCUT2D eigenvalue weighted by atomic mass is 9.73. The molecule has 0 aromatic heterocycles. The van der Waals surface area contributed by atoms with E-state index >= 15 is 0 Å². The second kappa shape index (κ2) is 8.51. The van der Waals surface area contributed by atoms with Crippen LogP contribution in [0.5, 0.6) is 0 Å². The molecule has 4 rings (SSSR count). The topological polar surface area (TPSA) is 0 Å². The van der Waals surface area contributed by atoms with Crippen LogP contribution in [0.1, 0.15) is 76.1 Å². The predicted molar refractivity (Wildman–Crippen MR) is 107 cm³/mol. The van der Waals surface area contributed by atoms with Gasteiger partial charge in [0.25, 0.3) is 0 Å². The molecule has 2 aliphatic rings. The lowest BCUT2D eigenvalue weighted by Crippen LogP contribution is -2.26. The molecule has 0 heterocycles. The zero-order chi connectivity index (χ0) is 17.6. The predicted octanol–water partition coefficient (Wildman–Crippen LogP) is 6.94. The highest BCUT2D eigenvalue weighted by molar-refractivity contribution is 5.46. The Hall–Kier alpha value is -1.56. The van der Waals surface area contributed by atoms with E-state index in [9.17, 15) is 0 Å². The molecule has 2 aromatic rings. The van der Waals surface area contributed by atoms with Gasteiger partial charge in [-0.2, -0.15) is 0 Å². The number of rotatable bonds is 0. The fourth-order valence-corrected chi connectivity index (χ4v) is 4.56. The van der Waals surface area contributed by atoms with E-state index in [1.165, 1.54) is 31.2 Å². The quantitative estimate of drug-likeness (QED) is 0.492. The van der Waals surface area contributed by atoms with Crippen LogP contribution in [-0.4, -0.2) is 0 Å². The molecule has 0 N–H and O–H groups in total. The maximum atomic E-state index is 2.42. The van der Waals surface area contributed by atoms with Crippen LogP contribution < -0.4 is 0 Å². The molecular weight excluding hydrogens is 288 g/mol. The average molecular weight is 323 g/mol. The molecule has 2 unspecified atom stereocenters. The monoisotopic (exact) mass is 322 g/mol. The van der Waals surface area contributed by atoms with E-state index < -0.39 is 0 Å². The van der Waals surface area contributed by atoms with Gasteiger partial charge in [-0.1, -0.05) is 83.1 Å². The smallest absolute Gasteiger partial charge is 0.000108 e. The van der Waals surface area contributed by atoms with Crippen LogP contribution in [0, 0.1) is 5.92 Å². The molecule has 0 radical (unpaired) electrons. The van der Waals surface area contributed by atoms with Crippen LogP contribution >= 0.6 is 0 Å². The third-order valence-electron chi connectivity index (χ3n) is 5.47. The molecule has 0 aliphatic heterocycles. The van der Waals surface area contributed by atoms with Crippen LogP contribution in [0.4, 0.5) is 0 Å². The summed E-state index contributed by atoms with van der Waals surface area (Å²) in [7, 11) is 0. The summed E-state index contributed by atoms with van der Waals surface area (Å²) >= 11 is 0. The summed E-state index contributed by atoms with van der Waals surface area (Å²) in [5, 5.41) is 0. The van der Waals surface area contributed by atoms with E-state index in [0.717, 1.165) is 12.3 Å². The molecular formula is C24H34. The van der Waals surface area contributed by atoms with Crippen molar-refractivity contribution in [1.29, 1.82) is 0 Å². The summed E-state index contributed by atoms with van der Waals surface area (Å²) in [5.41, 5.74) is 6.73. The summed E-state index contributed by atoms with van der Waals surface area (Å²) < 4.78 is 0. The second-order valence-corrected chi connectivity index (χ2v) is 6.91. The Balaban J connectivity index is 0.000000487. The van der Waals surface area contributed by atoms with E-state index in [1.807, 2.05) is 27.7 Å². The van der Waals surface area contributed by atoms with Crippen molar-refractivity contribution >= 4 is 0 Å². The molecule has 1 fully saturated rings. The highest BCUT2D eigenvalue weighted by Crippen LogP contribution is 2.49. The minimum Gasteiger partial charge on any atom is -0.0683 e. The molecule has 0 amide bonds. The number of fused-ring (bicyclic) bond motifs is 3. The van der Waals surface area contributed by atoms with Crippen molar-refractivity contribution in [3.63, 3.8) is 0 Å². The summed E-state index contributed by atoms with van der Waals surface area (Å²) in [6.45, 7) is 10.4. The summed E-state index contributed by atoms with van der Waals surface area (Å²) in [6.07, 6.45) is 6.46. The molecule has 0 nitrogen and oxygen atoms in total. The zero-order valence-corrected chi connectivity index (χ0v) is 16.2. The highest BCUT2D eigenvalue weighted by atomic mass is 14.5. The number of hydrogen-bond donors (Lipinski definition) is 0. The fourth-order valence-electron chi connectivity index (χ4n) is 4.56. The Labute approximate surface area is 149 Å². The lowest BCUT2D eigenvalue weighted by Gasteiger charge is -2.30. The number of benzene rings is 2. The molecule has 24 heavy (non-hydrogen) atoms. The van der Waals surface area contributed by atoms with Crippen molar-refractivity contribution in [1.82, 2.24) is 0 Å². The van der Waals surface area contributed by atoms with Gasteiger partial charge in [-0.05, 0) is 65.7 Å². The van der Waals surface area contributed by atoms with Crippen molar-refractivity contribution in [2.24, 2.45) is 5.92 Å². The Morgan fingerprint density at radius 1 is 0.792 bits per heavy atom. The molecule has 2 aromatic carbocycles. The van der Waals surface area contributed by atoms with E-state index in [2.05, 4.69) is 55.5 Å². The van der Waals surface area contributed by atoms with Crippen LogP contribution in [0.2, 0.25) is 0 Å². The van der Waals surface area contributed by atoms with E-state index in [0.29, 0.717) is 5.41 Å². The van der Waals surface area contributed by atoms with E-state index in [-0.39, 0.29) is 0 Å². The Kier molecular flexibility index (Phi) is 6.66. The normalized spacial score (nSPS) is 23.8. The zero-order valence-electron chi connectivity index (χ0n) is 16.2. The molecule has 0 heteroatoms. The lowest BCUT2D eigenvalue weighted by molar-refractivity contribution is 0.420. The van der Waals surface area contributed by atoms with Gasteiger partial charge in [-0.25, -0.2) is 0 Å². The van der Waals surface area contributed by atoms with Crippen molar-refractivity contribution < 1.29 is 0 Å². The van der Waals surface area contributed by atoms with Crippen molar-refractivity contribution in [3.05, 3.63) is 70.8 Å². The maximum absolute atomic E-state index is 2.42. The molecule has 1 saturated carbocycles. The van der Waals surface area contributed by atoms with Gasteiger partial charge in [0.15, 0.2) is 0 Å². The standard InChI is InChI=1S/C20H22.2C2H6/c1-15-10-11-20(13-15)14-18-8-3-2-6-16(18)12-17-7-4-5-9-19(17)20;2*1-2/h2-9,15H,10-14H2,1H3;2*1-2H3. The van der Waals surface area contributed by atoms with E-state index in [1.54, 1.807) is 16.7 Å². The van der Waals surface area contributed by atoms with Gasteiger partial charge in [0.2, 0.25) is 0 Å². The summed E-state index contributed by atoms with van der Waals surface area (Å²) in [5.74, 6) is 0.869. The van der Waals surface area contributed by atoms with Crippen molar-refractivity contribution in [3.8, 4) is 0 Å². The SMILES string of the molecule is CC.CC.CC1CCC2(Cc3ccccc3Cc3ccccc32)C1.